The van der Waals surface area contributed by atoms with Gasteiger partial charge in [0, 0.05) is 6.42 Å². The molecule has 1 amide bonds. The van der Waals surface area contributed by atoms with Gasteiger partial charge in [-0.2, -0.15) is 13.2 Å². The molecule has 0 aliphatic carbocycles. The highest BCUT2D eigenvalue weighted by Crippen LogP contribution is 2.27. The molecule has 2 rings (SSSR count). The van der Waals surface area contributed by atoms with Crippen molar-refractivity contribution in [2.24, 2.45) is 0 Å². The van der Waals surface area contributed by atoms with E-state index in [0.717, 1.165) is 0 Å². The molecule has 112 valence electrons. The Labute approximate surface area is 113 Å². The van der Waals surface area contributed by atoms with Gasteiger partial charge in [-0.1, -0.05) is 11.3 Å². The molecular weight excluding hydrogens is 307 g/mol. The molecule has 1 aliphatic rings. The van der Waals surface area contributed by atoms with Crippen molar-refractivity contribution in [2.75, 3.05) is 11.9 Å². The molecule has 20 heavy (non-hydrogen) atoms. The van der Waals surface area contributed by atoms with Gasteiger partial charge in [-0.25, -0.2) is 8.78 Å². The molecule has 1 saturated heterocycles. The van der Waals surface area contributed by atoms with Gasteiger partial charge in [-0.3, -0.25) is 15.4 Å². The Hall–Kier alpha value is -1.36. The molecule has 2 heterocycles. The van der Waals surface area contributed by atoms with E-state index in [1.807, 2.05) is 0 Å². The number of carbonyl (C=O) groups excluding carboxylic acids is 1. The molecule has 0 aromatic carbocycles. The van der Waals surface area contributed by atoms with Gasteiger partial charge in [-0.15, -0.1) is 10.2 Å². The van der Waals surface area contributed by atoms with Crippen molar-refractivity contribution in [3.05, 3.63) is 5.01 Å². The summed E-state index contributed by atoms with van der Waals surface area (Å²) in [6, 6.07) is -1.10. The van der Waals surface area contributed by atoms with E-state index in [0.29, 0.717) is 11.3 Å². The van der Waals surface area contributed by atoms with E-state index in [-0.39, 0.29) is 10.1 Å². The van der Waals surface area contributed by atoms with Crippen LogP contribution in [0.3, 0.4) is 0 Å². The predicted octanol–water partition coefficient (Wildman–Crippen LogP) is 1.58. The summed E-state index contributed by atoms with van der Waals surface area (Å²) in [5.41, 5.74) is 0. The minimum absolute atomic E-state index is 0.147. The van der Waals surface area contributed by atoms with Crippen molar-refractivity contribution in [1.29, 1.82) is 0 Å². The number of hydrogen-bond acceptors (Lipinski definition) is 5. The van der Waals surface area contributed by atoms with E-state index in [2.05, 4.69) is 20.8 Å². The highest BCUT2D eigenvalue weighted by molar-refractivity contribution is 7.15. The van der Waals surface area contributed by atoms with E-state index >= 15 is 0 Å². The first-order chi connectivity index (χ1) is 9.15. The first kappa shape index (κ1) is 15.0. The Kier molecular flexibility index (Phi) is 3.91. The molecule has 1 fully saturated rings. The lowest BCUT2D eigenvalue weighted by Crippen LogP contribution is -2.35. The van der Waals surface area contributed by atoms with Crippen molar-refractivity contribution >= 4 is 22.4 Å². The normalized spacial score (nSPS) is 21.9. The molecular formula is C9H9F5N4OS. The molecule has 11 heteroatoms. The smallest absolute Gasteiger partial charge is 0.300 e. The Bertz CT molecular complexity index is 503. The molecule has 1 aromatic heterocycles. The van der Waals surface area contributed by atoms with Crippen LogP contribution < -0.4 is 10.6 Å². The Morgan fingerprint density at radius 3 is 2.70 bits per heavy atom. The Morgan fingerprint density at radius 2 is 2.15 bits per heavy atom. The van der Waals surface area contributed by atoms with E-state index < -0.39 is 43.4 Å². The maximum Gasteiger partial charge on any atom is 0.395 e. The van der Waals surface area contributed by atoms with Crippen LogP contribution in [0.15, 0.2) is 0 Å². The first-order valence-electron chi connectivity index (χ1n) is 5.46. The number of carbonyl (C=O) groups is 1. The molecule has 1 unspecified atom stereocenters. The summed E-state index contributed by atoms with van der Waals surface area (Å²) in [6.45, 7) is -0.611. The van der Waals surface area contributed by atoms with Gasteiger partial charge in [0.25, 0.3) is 5.92 Å². The largest absolute Gasteiger partial charge is 0.395 e. The van der Waals surface area contributed by atoms with Gasteiger partial charge in [0.15, 0.2) is 0 Å². The summed E-state index contributed by atoms with van der Waals surface area (Å²) < 4.78 is 62.1. The Balaban J connectivity index is 1.92. The lowest BCUT2D eigenvalue weighted by atomic mass is 10.2. The van der Waals surface area contributed by atoms with Crippen molar-refractivity contribution in [3.63, 3.8) is 0 Å². The van der Waals surface area contributed by atoms with Crippen molar-refractivity contribution < 1.29 is 26.7 Å². The average molecular weight is 316 g/mol. The fraction of sp³-hybridized carbons (Fsp3) is 0.667. The van der Waals surface area contributed by atoms with Gasteiger partial charge >= 0.3 is 6.18 Å². The van der Waals surface area contributed by atoms with Gasteiger partial charge in [0.1, 0.15) is 5.01 Å². The van der Waals surface area contributed by atoms with E-state index in [4.69, 9.17) is 0 Å². The number of halogens is 5. The number of anilines is 1. The fourth-order valence-electron chi connectivity index (χ4n) is 1.64. The van der Waals surface area contributed by atoms with Gasteiger partial charge < -0.3 is 0 Å². The summed E-state index contributed by atoms with van der Waals surface area (Å²) in [5.74, 6) is -3.73. The van der Waals surface area contributed by atoms with E-state index in [1.54, 1.807) is 0 Å². The molecule has 1 aromatic rings. The minimum Gasteiger partial charge on any atom is -0.300 e. The zero-order valence-corrected chi connectivity index (χ0v) is 10.6. The lowest BCUT2D eigenvalue weighted by molar-refractivity contribution is -0.127. The van der Waals surface area contributed by atoms with Crippen molar-refractivity contribution in [2.45, 2.75) is 31.0 Å². The second kappa shape index (κ2) is 5.20. The number of rotatable bonds is 3. The summed E-state index contributed by atoms with van der Waals surface area (Å²) in [6.07, 6.45) is -6.33. The van der Waals surface area contributed by atoms with Crippen LogP contribution in [-0.2, 0) is 11.2 Å². The fourth-order valence-corrected chi connectivity index (χ4v) is 2.41. The van der Waals surface area contributed by atoms with Gasteiger partial charge in [-0.05, 0) is 0 Å². The highest BCUT2D eigenvalue weighted by atomic mass is 32.1. The van der Waals surface area contributed by atoms with Crippen LogP contribution in [0.4, 0.5) is 27.1 Å². The molecule has 5 nitrogen and oxygen atoms in total. The average Bonchev–Trinajstić information content (AvgIpc) is 2.83. The van der Waals surface area contributed by atoms with Crippen molar-refractivity contribution in [1.82, 2.24) is 15.5 Å². The highest BCUT2D eigenvalue weighted by Gasteiger charge is 2.42. The predicted molar refractivity (Wildman–Crippen MR) is 59.7 cm³/mol. The summed E-state index contributed by atoms with van der Waals surface area (Å²) in [7, 11) is 0. The summed E-state index contributed by atoms with van der Waals surface area (Å²) in [4.78, 5) is 11.6. The van der Waals surface area contributed by atoms with Crippen molar-refractivity contribution in [3.8, 4) is 0 Å². The number of alkyl halides is 5. The number of aromatic nitrogens is 2. The van der Waals surface area contributed by atoms with Crippen LogP contribution in [0.1, 0.15) is 11.4 Å². The number of nitrogens with zero attached hydrogens (tertiary/aromatic N) is 2. The third-order valence-electron chi connectivity index (χ3n) is 2.47. The van der Waals surface area contributed by atoms with E-state index in [9.17, 15) is 26.7 Å². The van der Waals surface area contributed by atoms with Crippen LogP contribution in [0, 0.1) is 0 Å². The molecule has 0 bridgehead atoms. The zero-order chi connectivity index (χ0) is 15.0. The van der Waals surface area contributed by atoms with Gasteiger partial charge in [0.2, 0.25) is 11.0 Å². The Morgan fingerprint density at radius 1 is 1.45 bits per heavy atom. The van der Waals surface area contributed by atoms with Crippen LogP contribution in [-0.4, -0.2) is 40.8 Å². The van der Waals surface area contributed by atoms with Crippen LogP contribution in [0.2, 0.25) is 0 Å². The van der Waals surface area contributed by atoms with Gasteiger partial charge in [0.05, 0.1) is 19.0 Å². The first-order valence-corrected chi connectivity index (χ1v) is 6.27. The number of nitrogens with one attached hydrogen (secondary N) is 2. The minimum atomic E-state index is -4.42. The monoisotopic (exact) mass is 316 g/mol. The molecule has 0 saturated carbocycles. The molecule has 2 N–H and O–H groups in total. The molecule has 0 radical (unpaired) electrons. The lowest BCUT2D eigenvalue weighted by Gasteiger charge is -2.08. The molecule has 1 aliphatic heterocycles. The standard InChI is InChI=1S/C9H9F5N4OS/c10-8(11)1-4(15-3-8)6(19)16-7-18-17-5(20-7)2-9(12,13)14/h4,15H,1-3H2,(H,16,18,19). The SMILES string of the molecule is O=C(Nc1nnc(CC(F)(F)F)s1)C1CC(F)(F)CN1. The van der Waals surface area contributed by atoms with E-state index in [1.165, 1.54) is 0 Å². The van der Waals surface area contributed by atoms with Crippen LogP contribution >= 0.6 is 11.3 Å². The topological polar surface area (TPSA) is 66.9 Å². The molecule has 0 spiro atoms. The summed E-state index contributed by atoms with van der Waals surface area (Å²) in [5, 5.41) is 10.7. The second-order valence-electron chi connectivity index (χ2n) is 4.28. The number of hydrogen-bond donors (Lipinski definition) is 2. The quantitative estimate of drug-likeness (QED) is 0.831. The van der Waals surface area contributed by atoms with Crippen LogP contribution in [0.5, 0.6) is 0 Å². The maximum absolute atomic E-state index is 12.9. The molecule has 1 atom stereocenters. The zero-order valence-electron chi connectivity index (χ0n) is 9.80. The van der Waals surface area contributed by atoms with Crippen LogP contribution in [0.25, 0.3) is 0 Å². The number of amides is 1. The third kappa shape index (κ3) is 4.07. The summed E-state index contributed by atoms with van der Waals surface area (Å²) >= 11 is 0.557. The maximum atomic E-state index is 12.9. The third-order valence-corrected chi connectivity index (χ3v) is 3.31. The second-order valence-corrected chi connectivity index (χ2v) is 5.34.